The molecular formula is C10H17NO2. The Kier molecular flexibility index (Phi) is 3.29. The molecule has 0 aliphatic heterocycles. The van der Waals surface area contributed by atoms with Gasteiger partial charge in [-0.15, -0.1) is 0 Å². The maximum absolute atomic E-state index is 9.80. The van der Waals surface area contributed by atoms with Crippen molar-refractivity contribution in [1.82, 2.24) is 0 Å². The van der Waals surface area contributed by atoms with Gasteiger partial charge in [0.25, 0.3) is 0 Å². The SMILES string of the molecule is COC1(C(C)CC#N)CCCC1O. The minimum absolute atomic E-state index is 0.111. The molecule has 1 rings (SSSR count). The number of aliphatic hydroxyl groups is 1. The number of rotatable bonds is 3. The van der Waals surface area contributed by atoms with E-state index in [-0.39, 0.29) is 5.92 Å². The summed E-state index contributed by atoms with van der Waals surface area (Å²) < 4.78 is 5.42. The van der Waals surface area contributed by atoms with Gasteiger partial charge in [0, 0.05) is 19.4 Å². The average Bonchev–Trinajstić information content (AvgIpc) is 2.48. The Morgan fingerprint density at radius 1 is 1.77 bits per heavy atom. The summed E-state index contributed by atoms with van der Waals surface area (Å²) in [5.74, 6) is 0.111. The predicted molar refractivity (Wildman–Crippen MR) is 49.0 cm³/mol. The van der Waals surface area contributed by atoms with Crippen LogP contribution in [0.1, 0.15) is 32.6 Å². The molecule has 1 fully saturated rings. The summed E-state index contributed by atoms with van der Waals surface area (Å²) in [4.78, 5) is 0. The van der Waals surface area contributed by atoms with E-state index in [4.69, 9.17) is 10.00 Å². The van der Waals surface area contributed by atoms with Crippen molar-refractivity contribution in [3.8, 4) is 6.07 Å². The molecule has 74 valence electrons. The molecule has 13 heavy (non-hydrogen) atoms. The van der Waals surface area contributed by atoms with Crippen LogP contribution >= 0.6 is 0 Å². The number of nitriles is 1. The van der Waals surface area contributed by atoms with E-state index >= 15 is 0 Å². The number of hydrogen-bond donors (Lipinski definition) is 1. The van der Waals surface area contributed by atoms with Crippen LogP contribution in [-0.4, -0.2) is 23.9 Å². The van der Waals surface area contributed by atoms with Crippen LogP contribution in [0.3, 0.4) is 0 Å². The molecule has 0 aromatic heterocycles. The van der Waals surface area contributed by atoms with Crippen molar-refractivity contribution in [3.05, 3.63) is 0 Å². The van der Waals surface area contributed by atoms with Crippen LogP contribution in [0.4, 0.5) is 0 Å². The van der Waals surface area contributed by atoms with E-state index < -0.39 is 11.7 Å². The van der Waals surface area contributed by atoms with Gasteiger partial charge < -0.3 is 9.84 Å². The van der Waals surface area contributed by atoms with E-state index in [1.165, 1.54) is 0 Å². The lowest BCUT2D eigenvalue weighted by Gasteiger charge is -2.36. The molecule has 0 spiro atoms. The number of aliphatic hydroxyl groups excluding tert-OH is 1. The van der Waals surface area contributed by atoms with Gasteiger partial charge in [0.1, 0.15) is 0 Å². The van der Waals surface area contributed by atoms with Crippen molar-refractivity contribution in [2.45, 2.75) is 44.3 Å². The van der Waals surface area contributed by atoms with Crippen molar-refractivity contribution >= 4 is 0 Å². The standard InChI is InChI=1S/C10H17NO2/c1-8(5-7-11)10(13-2)6-3-4-9(10)12/h8-9,12H,3-6H2,1-2H3. The zero-order valence-electron chi connectivity index (χ0n) is 8.29. The van der Waals surface area contributed by atoms with Crippen LogP contribution in [0.15, 0.2) is 0 Å². The van der Waals surface area contributed by atoms with Crippen LogP contribution in [0.25, 0.3) is 0 Å². The van der Waals surface area contributed by atoms with E-state index in [0.717, 1.165) is 19.3 Å². The Morgan fingerprint density at radius 3 is 2.85 bits per heavy atom. The Bertz CT molecular complexity index is 211. The first-order valence-corrected chi connectivity index (χ1v) is 4.77. The van der Waals surface area contributed by atoms with Gasteiger partial charge in [0.05, 0.1) is 17.8 Å². The summed E-state index contributed by atoms with van der Waals surface area (Å²) in [7, 11) is 1.63. The second-order valence-corrected chi connectivity index (χ2v) is 3.83. The Labute approximate surface area is 79.3 Å². The van der Waals surface area contributed by atoms with Gasteiger partial charge in [-0.05, 0) is 19.3 Å². The summed E-state index contributed by atoms with van der Waals surface area (Å²) in [6, 6.07) is 2.13. The van der Waals surface area contributed by atoms with Gasteiger partial charge in [-0.2, -0.15) is 5.26 Å². The molecule has 0 saturated heterocycles. The molecule has 0 aromatic carbocycles. The van der Waals surface area contributed by atoms with Gasteiger partial charge in [-0.3, -0.25) is 0 Å². The first-order chi connectivity index (χ1) is 6.17. The molecule has 3 atom stereocenters. The molecule has 1 N–H and O–H groups in total. The van der Waals surface area contributed by atoms with E-state index in [2.05, 4.69) is 6.07 Å². The molecular weight excluding hydrogens is 166 g/mol. The Hall–Kier alpha value is -0.590. The highest BCUT2D eigenvalue weighted by atomic mass is 16.5. The molecule has 3 unspecified atom stereocenters. The maximum Gasteiger partial charge on any atom is 0.0971 e. The van der Waals surface area contributed by atoms with Crippen molar-refractivity contribution in [1.29, 1.82) is 5.26 Å². The van der Waals surface area contributed by atoms with E-state index in [9.17, 15) is 5.11 Å². The maximum atomic E-state index is 9.80. The van der Waals surface area contributed by atoms with Crippen LogP contribution in [0, 0.1) is 17.2 Å². The quantitative estimate of drug-likeness (QED) is 0.720. The fourth-order valence-electron chi connectivity index (χ4n) is 2.31. The zero-order valence-corrected chi connectivity index (χ0v) is 8.29. The van der Waals surface area contributed by atoms with Gasteiger partial charge in [-0.25, -0.2) is 0 Å². The predicted octanol–water partition coefficient (Wildman–Crippen LogP) is 1.47. The van der Waals surface area contributed by atoms with Crippen molar-refractivity contribution in [3.63, 3.8) is 0 Å². The summed E-state index contributed by atoms with van der Waals surface area (Å²) in [5.41, 5.74) is -0.463. The average molecular weight is 183 g/mol. The van der Waals surface area contributed by atoms with Crippen LogP contribution < -0.4 is 0 Å². The van der Waals surface area contributed by atoms with Crippen LogP contribution in [-0.2, 0) is 4.74 Å². The molecule has 0 radical (unpaired) electrons. The second kappa shape index (κ2) is 4.08. The van der Waals surface area contributed by atoms with E-state index in [1.807, 2.05) is 6.92 Å². The smallest absolute Gasteiger partial charge is 0.0971 e. The summed E-state index contributed by atoms with van der Waals surface area (Å²) in [6.07, 6.45) is 2.70. The van der Waals surface area contributed by atoms with Crippen molar-refractivity contribution < 1.29 is 9.84 Å². The lowest BCUT2D eigenvalue weighted by molar-refractivity contribution is -0.115. The zero-order chi connectivity index (χ0) is 9.90. The van der Waals surface area contributed by atoms with E-state index in [0.29, 0.717) is 6.42 Å². The first kappa shape index (κ1) is 10.5. The highest BCUT2D eigenvalue weighted by molar-refractivity contribution is 4.99. The molecule has 0 heterocycles. The normalized spacial score (nSPS) is 35.7. The fraction of sp³-hybridized carbons (Fsp3) is 0.900. The highest BCUT2D eigenvalue weighted by Gasteiger charge is 2.46. The number of methoxy groups -OCH3 is 1. The first-order valence-electron chi connectivity index (χ1n) is 4.77. The Balaban J connectivity index is 2.74. The van der Waals surface area contributed by atoms with E-state index in [1.54, 1.807) is 7.11 Å². The van der Waals surface area contributed by atoms with Gasteiger partial charge in [0.2, 0.25) is 0 Å². The highest BCUT2D eigenvalue weighted by Crippen LogP contribution is 2.40. The third-order valence-electron chi connectivity index (χ3n) is 3.22. The lowest BCUT2D eigenvalue weighted by atomic mass is 9.83. The summed E-state index contributed by atoms with van der Waals surface area (Å²) in [5, 5.41) is 18.4. The Morgan fingerprint density at radius 2 is 2.46 bits per heavy atom. The number of nitrogens with zero attached hydrogens (tertiary/aromatic N) is 1. The molecule has 3 nitrogen and oxygen atoms in total. The molecule has 1 saturated carbocycles. The third kappa shape index (κ3) is 1.70. The third-order valence-corrected chi connectivity index (χ3v) is 3.22. The summed E-state index contributed by atoms with van der Waals surface area (Å²) in [6.45, 7) is 1.97. The monoisotopic (exact) mass is 183 g/mol. The molecule has 1 aliphatic rings. The summed E-state index contributed by atoms with van der Waals surface area (Å²) >= 11 is 0. The molecule has 0 aromatic rings. The molecule has 1 aliphatic carbocycles. The van der Waals surface area contributed by atoms with Crippen molar-refractivity contribution in [2.75, 3.05) is 7.11 Å². The van der Waals surface area contributed by atoms with Crippen molar-refractivity contribution in [2.24, 2.45) is 5.92 Å². The number of hydrogen-bond acceptors (Lipinski definition) is 3. The van der Waals surface area contributed by atoms with Crippen LogP contribution in [0.5, 0.6) is 0 Å². The van der Waals surface area contributed by atoms with Gasteiger partial charge >= 0.3 is 0 Å². The number of ether oxygens (including phenoxy) is 1. The minimum Gasteiger partial charge on any atom is -0.390 e. The topological polar surface area (TPSA) is 53.2 Å². The fourth-order valence-corrected chi connectivity index (χ4v) is 2.31. The van der Waals surface area contributed by atoms with Gasteiger partial charge in [0.15, 0.2) is 0 Å². The molecule has 3 heteroatoms. The van der Waals surface area contributed by atoms with Crippen LogP contribution in [0.2, 0.25) is 0 Å². The molecule has 0 bridgehead atoms. The van der Waals surface area contributed by atoms with Gasteiger partial charge in [-0.1, -0.05) is 6.92 Å². The lowest BCUT2D eigenvalue weighted by Crippen LogP contribution is -2.45. The largest absolute Gasteiger partial charge is 0.390 e. The minimum atomic E-state index is -0.463. The molecule has 0 amide bonds. The second-order valence-electron chi connectivity index (χ2n) is 3.83.